The zero-order valence-corrected chi connectivity index (χ0v) is 9.28. The molecule has 1 rings (SSSR count). The molecule has 0 spiro atoms. The van der Waals surface area contributed by atoms with Crippen LogP contribution in [0.1, 0.15) is 13.8 Å². The maximum absolute atomic E-state index is 9.60. The topological polar surface area (TPSA) is 49.2 Å². The molecule has 0 aliphatic heterocycles. The highest BCUT2D eigenvalue weighted by Crippen LogP contribution is 2.13. The number of nitrogens with zero attached hydrogens (tertiary/aromatic N) is 3. The average Bonchev–Trinajstić information content (AvgIpc) is 2.01. The van der Waals surface area contributed by atoms with E-state index in [2.05, 4.69) is 9.97 Å². The van der Waals surface area contributed by atoms with Gasteiger partial charge in [0.15, 0.2) is 0 Å². The maximum Gasteiger partial charge on any atom is 0.224 e. The van der Waals surface area contributed by atoms with Crippen LogP contribution in [0.3, 0.4) is 0 Å². The van der Waals surface area contributed by atoms with Crippen molar-refractivity contribution in [3.8, 4) is 0 Å². The molecule has 0 fully saturated rings. The third-order valence-corrected chi connectivity index (χ3v) is 1.81. The van der Waals surface area contributed by atoms with Gasteiger partial charge in [-0.15, -0.1) is 0 Å². The summed E-state index contributed by atoms with van der Waals surface area (Å²) in [5.74, 6) is 0.701. The summed E-state index contributed by atoms with van der Waals surface area (Å²) in [7, 11) is 1.84. The summed E-state index contributed by atoms with van der Waals surface area (Å²) < 4.78 is 0. The van der Waals surface area contributed by atoms with Gasteiger partial charge in [-0.3, -0.25) is 0 Å². The molecular formula is C9H14ClN3O. The molecule has 0 unspecified atom stereocenters. The second kappa shape index (κ2) is 4.11. The molecule has 5 heteroatoms. The number of aromatic nitrogens is 2. The van der Waals surface area contributed by atoms with Crippen molar-refractivity contribution in [3.63, 3.8) is 0 Å². The summed E-state index contributed by atoms with van der Waals surface area (Å²) >= 11 is 5.65. The van der Waals surface area contributed by atoms with Gasteiger partial charge >= 0.3 is 0 Å². The van der Waals surface area contributed by atoms with Crippen LogP contribution in [-0.2, 0) is 0 Å². The fourth-order valence-corrected chi connectivity index (χ4v) is 1.34. The van der Waals surface area contributed by atoms with Crippen LogP contribution in [0.5, 0.6) is 0 Å². The number of anilines is 1. The van der Waals surface area contributed by atoms with Gasteiger partial charge in [-0.2, -0.15) is 0 Å². The third kappa shape index (κ3) is 3.47. The highest BCUT2D eigenvalue weighted by molar-refractivity contribution is 6.28. The first-order valence-corrected chi connectivity index (χ1v) is 4.68. The van der Waals surface area contributed by atoms with Gasteiger partial charge in [0.1, 0.15) is 5.82 Å². The Labute approximate surface area is 88.6 Å². The average molecular weight is 216 g/mol. The number of halogens is 1. The van der Waals surface area contributed by atoms with E-state index < -0.39 is 5.60 Å². The maximum atomic E-state index is 9.60. The van der Waals surface area contributed by atoms with Gasteiger partial charge in [-0.05, 0) is 31.5 Å². The molecule has 4 nitrogen and oxygen atoms in total. The van der Waals surface area contributed by atoms with Crippen LogP contribution >= 0.6 is 11.6 Å². The normalized spacial score (nSPS) is 11.5. The van der Waals surface area contributed by atoms with Gasteiger partial charge in [0.2, 0.25) is 5.28 Å². The largest absolute Gasteiger partial charge is 0.389 e. The quantitative estimate of drug-likeness (QED) is 0.774. The van der Waals surface area contributed by atoms with Crippen LogP contribution in [-0.4, -0.2) is 34.3 Å². The van der Waals surface area contributed by atoms with E-state index in [1.165, 1.54) is 0 Å². The highest BCUT2D eigenvalue weighted by Gasteiger charge is 2.16. The van der Waals surface area contributed by atoms with Crippen molar-refractivity contribution in [2.24, 2.45) is 0 Å². The first-order chi connectivity index (χ1) is 6.38. The first-order valence-electron chi connectivity index (χ1n) is 4.30. The summed E-state index contributed by atoms with van der Waals surface area (Å²) in [6.45, 7) is 3.97. The van der Waals surface area contributed by atoms with Gasteiger partial charge in [0, 0.05) is 19.8 Å². The minimum absolute atomic E-state index is 0.213. The number of likely N-dealkylation sites (N-methyl/N-ethyl adjacent to an activating group) is 1. The Morgan fingerprint density at radius 2 is 2.21 bits per heavy atom. The molecule has 0 radical (unpaired) electrons. The molecule has 0 aliphatic rings. The van der Waals surface area contributed by atoms with Crippen molar-refractivity contribution < 1.29 is 5.11 Å². The second-order valence-electron chi connectivity index (χ2n) is 3.85. The summed E-state index contributed by atoms with van der Waals surface area (Å²) in [5, 5.41) is 9.81. The van der Waals surface area contributed by atoms with Crippen molar-refractivity contribution in [1.29, 1.82) is 0 Å². The third-order valence-electron chi connectivity index (χ3n) is 1.63. The molecule has 0 atom stereocenters. The lowest BCUT2D eigenvalue weighted by Gasteiger charge is -2.26. The van der Waals surface area contributed by atoms with E-state index in [-0.39, 0.29) is 5.28 Å². The molecule has 0 aliphatic carbocycles. The Morgan fingerprint density at radius 3 is 2.71 bits per heavy atom. The SMILES string of the molecule is CN(CC(C)(C)O)c1ccnc(Cl)n1. The Kier molecular flexibility index (Phi) is 3.29. The van der Waals surface area contributed by atoms with E-state index in [0.717, 1.165) is 0 Å². The van der Waals surface area contributed by atoms with Gasteiger partial charge in [0.25, 0.3) is 0 Å². The van der Waals surface area contributed by atoms with Gasteiger partial charge in [0.05, 0.1) is 5.60 Å². The molecule has 1 aromatic heterocycles. The summed E-state index contributed by atoms with van der Waals surface area (Å²) in [4.78, 5) is 9.64. The van der Waals surface area contributed by atoms with Crippen molar-refractivity contribution >= 4 is 17.4 Å². The number of rotatable bonds is 3. The monoisotopic (exact) mass is 215 g/mol. The summed E-state index contributed by atoms with van der Waals surface area (Å²) in [5.41, 5.74) is -0.758. The zero-order chi connectivity index (χ0) is 10.8. The summed E-state index contributed by atoms with van der Waals surface area (Å²) in [6.07, 6.45) is 1.59. The van der Waals surface area contributed by atoms with Crippen molar-refractivity contribution in [1.82, 2.24) is 9.97 Å². The van der Waals surface area contributed by atoms with Crippen LogP contribution in [0.4, 0.5) is 5.82 Å². The summed E-state index contributed by atoms with van der Waals surface area (Å²) in [6, 6.07) is 1.75. The molecule has 0 saturated heterocycles. The lowest BCUT2D eigenvalue weighted by Crippen LogP contribution is -2.36. The fraction of sp³-hybridized carbons (Fsp3) is 0.556. The van der Waals surface area contributed by atoms with E-state index in [1.807, 2.05) is 11.9 Å². The van der Waals surface area contributed by atoms with E-state index in [0.29, 0.717) is 12.4 Å². The molecule has 1 N–H and O–H groups in total. The minimum Gasteiger partial charge on any atom is -0.389 e. The van der Waals surface area contributed by atoms with Crippen molar-refractivity contribution in [2.45, 2.75) is 19.4 Å². The van der Waals surface area contributed by atoms with Gasteiger partial charge in [-0.25, -0.2) is 9.97 Å². The van der Waals surface area contributed by atoms with Crippen molar-refractivity contribution in [3.05, 3.63) is 17.5 Å². The predicted molar refractivity (Wildman–Crippen MR) is 56.6 cm³/mol. The van der Waals surface area contributed by atoms with E-state index in [4.69, 9.17) is 11.6 Å². The van der Waals surface area contributed by atoms with E-state index in [1.54, 1.807) is 26.1 Å². The molecule has 0 saturated carbocycles. The minimum atomic E-state index is -0.758. The van der Waals surface area contributed by atoms with Crippen LogP contribution in [0.2, 0.25) is 5.28 Å². The molecule has 1 aromatic rings. The molecule has 0 bridgehead atoms. The van der Waals surface area contributed by atoms with E-state index in [9.17, 15) is 5.11 Å². The molecule has 1 heterocycles. The molecule has 0 aromatic carbocycles. The van der Waals surface area contributed by atoms with E-state index >= 15 is 0 Å². The van der Waals surface area contributed by atoms with Gasteiger partial charge < -0.3 is 10.0 Å². The van der Waals surface area contributed by atoms with Crippen LogP contribution < -0.4 is 4.90 Å². The standard InChI is InChI=1S/C9H14ClN3O/c1-9(2,14)6-13(3)7-4-5-11-8(10)12-7/h4-5,14H,6H2,1-3H3. The zero-order valence-electron chi connectivity index (χ0n) is 8.53. The molecule has 0 amide bonds. The van der Waals surface area contributed by atoms with Gasteiger partial charge in [-0.1, -0.05) is 0 Å². The first kappa shape index (κ1) is 11.2. The lowest BCUT2D eigenvalue weighted by molar-refractivity contribution is 0.0884. The fourth-order valence-electron chi connectivity index (χ4n) is 1.20. The number of hydrogen-bond donors (Lipinski definition) is 1. The smallest absolute Gasteiger partial charge is 0.224 e. The van der Waals surface area contributed by atoms with Crippen LogP contribution in [0.15, 0.2) is 12.3 Å². The Bertz CT molecular complexity index is 311. The van der Waals surface area contributed by atoms with Crippen LogP contribution in [0.25, 0.3) is 0 Å². The Morgan fingerprint density at radius 1 is 1.57 bits per heavy atom. The van der Waals surface area contributed by atoms with Crippen LogP contribution in [0, 0.1) is 0 Å². The highest BCUT2D eigenvalue weighted by atomic mass is 35.5. The Hall–Kier alpha value is -0.870. The lowest BCUT2D eigenvalue weighted by atomic mass is 10.1. The molecular weight excluding hydrogens is 202 g/mol. The molecule has 78 valence electrons. The van der Waals surface area contributed by atoms with Crippen molar-refractivity contribution in [2.75, 3.05) is 18.5 Å². The molecule has 14 heavy (non-hydrogen) atoms. The predicted octanol–water partition coefficient (Wildman–Crippen LogP) is 1.34. The number of aliphatic hydroxyl groups is 1. The Balaban J connectivity index is 2.74. The number of hydrogen-bond acceptors (Lipinski definition) is 4. The second-order valence-corrected chi connectivity index (χ2v) is 4.19.